The van der Waals surface area contributed by atoms with E-state index in [1.165, 1.54) is 12.1 Å². The van der Waals surface area contributed by atoms with Crippen molar-refractivity contribution in [2.75, 3.05) is 13.1 Å². The number of likely N-dealkylation sites (tertiary alicyclic amines) is 1. The smallest absolute Gasteiger partial charge is 0.261 e. The van der Waals surface area contributed by atoms with Gasteiger partial charge in [0.15, 0.2) is 0 Å². The predicted octanol–water partition coefficient (Wildman–Crippen LogP) is 3.64. The van der Waals surface area contributed by atoms with E-state index in [1.54, 1.807) is 11.0 Å². The number of carbonyl (C=O) groups excluding carboxylic acids is 1. The monoisotopic (exact) mass is 393 g/mol. The molecular formula is C14H17BrClNO3S. The summed E-state index contributed by atoms with van der Waals surface area (Å²) in [5.74, 6) is 0.469. The molecule has 0 spiro atoms. The minimum absolute atomic E-state index is 0.0647. The zero-order chi connectivity index (χ0) is 15.6. The first-order valence-corrected chi connectivity index (χ1v) is 9.92. The Hall–Kier alpha value is -0.590. The molecule has 0 saturated carbocycles. The van der Waals surface area contributed by atoms with Crippen molar-refractivity contribution >= 4 is 41.6 Å². The normalized spacial score (nSPS) is 20.1. The van der Waals surface area contributed by atoms with E-state index in [-0.39, 0.29) is 10.8 Å². The van der Waals surface area contributed by atoms with Crippen LogP contribution in [0.4, 0.5) is 0 Å². The standard InChI is InChI=1S/C14H17BrClNO3S/c1-10-3-2-5-17(6-4-10)14(18)11-7-12(15)9-13(8-11)21(16,19)20/h7-10H,2-6H2,1H3. The molecule has 0 bridgehead atoms. The number of hydrogen-bond acceptors (Lipinski definition) is 3. The van der Waals surface area contributed by atoms with Gasteiger partial charge in [-0.05, 0) is 43.4 Å². The predicted molar refractivity (Wildman–Crippen MR) is 86.1 cm³/mol. The lowest BCUT2D eigenvalue weighted by Crippen LogP contribution is -2.32. The van der Waals surface area contributed by atoms with Crippen LogP contribution in [-0.2, 0) is 9.05 Å². The number of carbonyl (C=O) groups is 1. The molecule has 0 aromatic heterocycles. The van der Waals surface area contributed by atoms with Crippen LogP contribution in [0.25, 0.3) is 0 Å². The second-order valence-corrected chi connectivity index (χ2v) is 8.92. The van der Waals surface area contributed by atoms with Crippen molar-refractivity contribution in [3.05, 3.63) is 28.2 Å². The molecular weight excluding hydrogens is 378 g/mol. The van der Waals surface area contributed by atoms with E-state index in [1.807, 2.05) is 0 Å². The summed E-state index contributed by atoms with van der Waals surface area (Å²) in [5.41, 5.74) is 0.346. The number of hydrogen-bond donors (Lipinski definition) is 0. The highest BCUT2D eigenvalue weighted by molar-refractivity contribution is 9.10. The Morgan fingerprint density at radius 2 is 2.00 bits per heavy atom. The van der Waals surface area contributed by atoms with E-state index >= 15 is 0 Å². The minimum Gasteiger partial charge on any atom is -0.339 e. The van der Waals surface area contributed by atoms with E-state index in [0.29, 0.717) is 29.0 Å². The molecule has 1 aliphatic heterocycles. The molecule has 2 rings (SSSR count). The summed E-state index contributed by atoms with van der Waals surface area (Å²) in [4.78, 5) is 14.3. The lowest BCUT2D eigenvalue weighted by Gasteiger charge is -2.21. The molecule has 1 aromatic carbocycles. The van der Waals surface area contributed by atoms with Crippen LogP contribution in [0.5, 0.6) is 0 Å². The van der Waals surface area contributed by atoms with Crippen LogP contribution < -0.4 is 0 Å². The van der Waals surface area contributed by atoms with Crippen molar-refractivity contribution < 1.29 is 13.2 Å². The summed E-state index contributed by atoms with van der Waals surface area (Å²) < 4.78 is 23.4. The Labute approximate surface area is 138 Å². The van der Waals surface area contributed by atoms with Crippen LogP contribution in [0.15, 0.2) is 27.6 Å². The Morgan fingerprint density at radius 1 is 1.29 bits per heavy atom. The third-order valence-electron chi connectivity index (χ3n) is 3.70. The summed E-state index contributed by atoms with van der Waals surface area (Å²) in [6.07, 6.45) is 3.06. The molecule has 0 aliphatic carbocycles. The summed E-state index contributed by atoms with van der Waals surface area (Å²) in [5, 5.41) is 0. The molecule has 1 saturated heterocycles. The second kappa shape index (κ2) is 6.67. The van der Waals surface area contributed by atoms with Gasteiger partial charge in [-0.1, -0.05) is 22.9 Å². The number of amides is 1. The SMILES string of the molecule is CC1CCCN(C(=O)c2cc(Br)cc(S(=O)(=O)Cl)c2)CC1. The molecule has 1 heterocycles. The van der Waals surface area contributed by atoms with Crippen molar-refractivity contribution in [2.45, 2.75) is 31.1 Å². The number of halogens is 2. The molecule has 7 heteroatoms. The molecule has 1 unspecified atom stereocenters. The maximum atomic E-state index is 12.6. The lowest BCUT2D eigenvalue weighted by atomic mass is 10.0. The van der Waals surface area contributed by atoms with Gasteiger partial charge in [-0.2, -0.15) is 0 Å². The van der Waals surface area contributed by atoms with Gasteiger partial charge in [0.1, 0.15) is 0 Å². The summed E-state index contributed by atoms with van der Waals surface area (Å²) in [6, 6.07) is 4.36. The number of benzene rings is 1. The van der Waals surface area contributed by atoms with E-state index in [4.69, 9.17) is 10.7 Å². The van der Waals surface area contributed by atoms with Crippen LogP contribution in [0.3, 0.4) is 0 Å². The maximum Gasteiger partial charge on any atom is 0.261 e. The molecule has 4 nitrogen and oxygen atoms in total. The molecule has 1 amide bonds. The average molecular weight is 395 g/mol. The molecule has 1 fully saturated rings. The zero-order valence-corrected chi connectivity index (χ0v) is 14.8. The van der Waals surface area contributed by atoms with Crippen LogP contribution in [-0.4, -0.2) is 32.3 Å². The largest absolute Gasteiger partial charge is 0.339 e. The van der Waals surface area contributed by atoms with Gasteiger partial charge in [-0.15, -0.1) is 0 Å². The summed E-state index contributed by atoms with van der Waals surface area (Å²) in [6.45, 7) is 3.60. The van der Waals surface area contributed by atoms with Crippen molar-refractivity contribution in [1.29, 1.82) is 0 Å². The van der Waals surface area contributed by atoms with Gasteiger partial charge in [-0.25, -0.2) is 8.42 Å². The van der Waals surface area contributed by atoms with Crippen LogP contribution >= 0.6 is 26.6 Å². The van der Waals surface area contributed by atoms with E-state index in [0.717, 1.165) is 19.3 Å². The van der Waals surface area contributed by atoms with Gasteiger partial charge in [0.25, 0.3) is 15.0 Å². The van der Waals surface area contributed by atoms with Crippen LogP contribution in [0.2, 0.25) is 0 Å². The first kappa shape index (κ1) is 16.8. The molecule has 1 aromatic rings. The van der Waals surface area contributed by atoms with Gasteiger partial charge in [0, 0.05) is 33.8 Å². The van der Waals surface area contributed by atoms with Gasteiger partial charge in [-0.3, -0.25) is 4.79 Å². The number of rotatable bonds is 2. The molecule has 116 valence electrons. The fourth-order valence-corrected chi connectivity index (χ4v) is 3.92. The second-order valence-electron chi connectivity index (χ2n) is 5.44. The first-order chi connectivity index (χ1) is 9.77. The molecule has 21 heavy (non-hydrogen) atoms. The zero-order valence-electron chi connectivity index (χ0n) is 11.7. The highest BCUT2D eigenvalue weighted by Crippen LogP contribution is 2.24. The number of nitrogens with zero attached hydrogens (tertiary/aromatic N) is 1. The quantitative estimate of drug-likeness (QED) is 0.720. The first-order valence-electron chi connectivity index (χ1n) is 6.82. The Morgan fingerprint density at radius 3 is 2.67 bits per heavy atom. The summed E-state index contributed by atoms with van der Waals surface area (Å²) >= 11 is 3.23. The third-order valence-corrected chi connectivity index (χ3v) is 5.49. The maximum absolute atomic E-state index is 12.6. The fourth-order valence-electron chi connectivity index (χ4n) is 2.48. The van der Waals surface area contributed by atoms with E-state index < -0.39 is 9.05 Å². The fraction of sp³-hybridized carbons (Fsp3) is 0.500. The minimum atomic E-state index is -3.86. The van der Waals surface area contributed by atoms with Crippen LogP contribution in [0.1, 0.15) is 36.5 Å². The van der Waals surface area contributed by atoms with Gasteiger partial charge < -0.3 is 4.90 Å². The average Bonchev–Trinajstić information content (AvgIpc) is 2.61. The van der Waals surface area contributed by atoms with Crippen molar-refractivity contribution in [1.82, 2.24) is 4.90 Å². The Balaban J connectivity index is 2.28. The molecule has 1 aliphatic rings. The highest BCUT2D eigenvalue weighted by atomic mass is 79.9. The molecule has 0 N–H and O–H groups in total. The summed E-state index contributed by atoms with van der Waals surface area (Å²) in [7, 11) is 1.51. The Bertz CT molecular complexity index is 648. The van der Waals surface area contributed by atoms with Crippen molar-refractivity contribution in [3.63, 3.8) is 0 Å². The van der Waals surface area contributed by atoms with Gasteiger partial charge >= 0.3 is 0 Å². The van der Waals surface area contributed by atoms with Crippen LogP contribution in [0, 0.1) is 5.92 Å². The van der Waals surface area contributed by atoms with Crippen molar-refractivity contribution in [3.8, 4) is 0 Å². The molecule has 0 radical (unpaired) electrons. The topological polar surface area (TPSA) is 54.5 Å². The van der Waals surface area contributed by atoms with E-state index in [9.17, 15) is 13.2 Å². The van der Waals surface area contributed by atoms with E-state index in [2.05, 4.69) is 22.9 Å². The molecule has 1 atom stereocenters. The highest BCUT2D eigenvalue weighted by Gasteiger charge is 2.22. The lowest BCUT2D eigenvalue weighted by molar-refractivity contribution is 0.0760. The third kappa shape index (κ3) is 4.44. The van der Waals surface area contributed by atoms with Crippen molar-refractivity contribution in [2.24, 2.45) is 5.92 Å². The van der Waals surface area contributed by atoms with Gasteiger partial charge in [0.05, 0.1) is 4.90 Å². The Kier molecular flexibility index (Phi) is 5.33. The van der Waals surface area contributed by atoms with Gasteiger partial charge in [0.2, 0.25) is 0 Å².